The van der Waals surface area contributed by atoms with Gasteiger partial charge in [-0.25, -0.2) is 4.98 Å². The number of imidazole rings is 1. The molecule has 2 N–H and O–H groups in total. The molecular weight excluding hydrogens is 228 g/mol. The molecule has 0 saturated heterocycles. The molecule has 2 heterocycles. The predicted octanol–water partition coefficient (Wildman–Crippen LogP) is 1.65. The van der Waals surface area contributed by atoms with Crippen LogP contribution in [0.15, 0.2) is 24.9 Å². The molecule has 0 aliphatic carbocycles. The largest absolute Gasteiger partial charge is 0.364 e. The fraction of sp³-hybridized carbons (Fsp3) is 0.385. The van der Waals surface area contributed by atoms with E-state index in [2.05, 4.69) is 15.3 Å². The second-order valence-electron chi connectivity index (χ2n) is 4.38. The van der Waals surface area contributed by atoms with Gasteiger partial charge in [-0.2, -0.15) is 0 Å². The van der Waals surface area contributed by atoms with Crippen molar-refractivity contribution in [1.82, 2.24) is 19.9 Å². The van der Waals surface area contributed by atoms with Gasteiger partial charge in [0.2, 0.25) is 0 Å². The maximum Gasteiger partial charge on any atom is 0.253 e. The van der Waals surface area contributed by atoms with Crippen molar-refractivity contribution < 1.29 is 4.79 Å². The fourth-order valence-corrected chi connectivity index (χ4v) is 1.98. The van der Waals surface area contributed by atoms with Gasteiger partial charge in [0.05, 0.1) is 11.9 Å². The van der Waals surface area contributed by atoms with Gasteiger partial charge in [-0.15, -0.1) is 0 Å². The molecule has 0 aromatic carbocycles. The summed E-state index contributed by atoms with van der Waals surface area (Å²) >= 11 is 0. The third-order valence-corrected chi connectivity index (χ3v) is 2.94. The van der Waals surface area contributed by atoms with Gasteiger partial charge < -0.3 is 14.9 Å². The second kappa shape index (κ2) is 5.53. The second-order valence-corrected chi connectivity index (χ2v) is 4.38. The summed E-state index contributed by atoms with van der Waals surface area (Å²) < 4.78 is 2.00. The van der Waals surface area contributed by atoms with Gasteiger partial charge >= 0.3 is 0 Å². The smallest absolute Gasteiger partial charge is 0.253 e. The van der Waals surface area contributed by atoms with E-state index in [0.29, 0.717) is 6.54 Å². The lowest BCUT2D eigenvalue weighted by molar-refractivity contribution is 0.0951. The van der Waals surface area contributed by atoms with Gasteiger partial charge in [0.1, 0.15) is 0 Å². The van der Waals surface area contributed by atoms with Gasteiger partial charge in [-0.3, -0.25) is 4.79 Å². The molecule has 0 aliphatic rings. The summed E-state index contributed by atoms with van der Waals surface area (Å²) in [5.74, 6) is -0.00289. The lowest BCUT2D eigenvalue weighted by Gasteiger charge is -2.06. The van der Waals surface area contributed by atoms with Crippen molar-refractivity contribution in [3.8, 4) is 0 Å². The standard InChI is InChI=1S/C13H18N4O/c1-10-8-16-11(2)12(10)13(18)15-4-3-6-17-7-5-14-9-17/h5,7-9,16H,3-4,6H2,1-2H3,(H,15,18). The number of hydrogen-bond donors (Lipinski definition) is 2. The molecule has 2 aromatic rings. The minimum Gasteiger partial charge on any atom is -0.364 e. The maximum absolute atomic E-state index is 12.0. The van der Waals surface area contributed by atoms with Crippen LogP contribution in [0.5, 0.6) is 0 Å². The number of aryl methyl sites for hydroxylation is 3. The zero-order valence-electron chi connectivity index (χ0n) is 10.7. The Labute approximate surface area is 106 Å². The molecule has 0 bridgehead atoms. The molecule has 0 aliphatic heterocycles. The van der Waals surface area contributed by atoms with E-state index >= 15 is 0 Å². The predicted molar refractivity (Wildman–Crippen MR) is 69.4 cm³/mol. The lowest BCUT2D eigenvalue weighted by Crippen LogP contribution is -2.26. The molecule has 0 atom stereocenters. The average molecular weight is 246 g/mol. The number of nitrogens with zero attached hydrogens (tertiary/aromatic N) is 2. The van der Waals surface area contributed by atoms with Crippen molar-refractivity contribution in [2.24, 2.45) is 0 Å². The fourth-order valence-electron chi connectivity index (χ4n) is 1.98. The summed E-state index contributed by atoms with van der Waals surface area (Å²) in [6, 6.07) is 0. The number of aromatic nitrogens is 3. The lowest BCUT2D eigenvalue weighted by atomic mass is 10.1. The number of carbonyl (C=O) groups is 1. The molecule has 5 heteroatoms. The summed E-state index contributed by atoms with van der Waals surface area (Å²) in [5, 5.41) is 2.94. The number of amides is 1. The monoisotopic (exact) mass is 246 g/mol. The van der Waals surface area contributed by atoms with E-state index < -0.39 is 0 Å². The van der Waals surface area contributed by atoms with Crippen LogP contribution in [-0.4, -0.2) is 27.0 Å². The van der Waals surface area contributed by atoms with Crippen LogP contribution in [0, 0.1) is 13.8 Å². The Morgan fingerprint density at radius 2 is 2.33 bits per heavy atom. The van der Waals surface area contributed by atoms with Gasteiger partial charge in [0.15, 0.2) is 0 Å². The highest BCUT2D eigenvalue weighted by atomic mass is 16.1. The molecule has 2 aromatic heterocycles. The SMILES string of the molecule is Cc1c[nH]c(C)c1C(=O)NCCCn1ccnc1. The molecule has 0 saturated carbocycles. The molecule has 0 unspecified atom stereocenters. The number of hydrogen-bond acceptors (Lipinski definition) is 2. The van der Waals surface area contributed by atoms with Crippen LogP contribution < -0.4 is 5.32 Å². The Bertz CT molecular complexity index is 494. The minimum atomic E-state index is -0.00289. The van der Waals surface area contributed by atoms with Gasteiger partial charge in [0.25, 0.3) is 5.91 Å². The molecule has 1 amide bonds. The number of aromatic amines is 1. The Hall–Kier alpha value is -2.04. The highest BCUT2D eigenvalue weighted by molar-refractivity contribution is 5.96. The summed E-state index contributed by atoms with van der Waals surface area (Å²) in [6.45, 7) is 5.38. The Balaban J connectivity index is 1.79. The first-order chi connectivity index (χ1) is 8.68. The van der Waals surface area contributed by atoms with Crippen molar-refractivity contribution in [1.29, 1.82) is 0 Å². The molecule has 2 rings (SSSR count). The first-order valence-corrected chi connectivity index (χ1v) is 6.07. The molecule has 0 spiro atoms. The molecule has 18 heavy (non-hydrogen) atoms. The van der Waals surface area contributed by atoms with Crippen LogP contribution in [0.3, 0.4) is 0 Å². The van der Waals surface area contributed by atoms with E-state index in [9.17, 15) is 4.79 Å². The first kappa shape index (κ1) is 12.4. The van der Waals surface area contributed by atoms with Crippen molar-refractivity contribution in [3.05, 3.63) is 41.7 Å². The summed E-state index contributed by atoms with van der Waals surface area (Å²) in [4.78, 5) is 19.0. The normalized spacial score (nSPS) is 10.6. The topological polar surface area (TPSA) is 62.7 Å². The van der Waals surface area contributed by atoms with E-state index in [4.69, 9.17) is 0 Å². The molecule has 5 nitrogen and oxygen atoms in total. The zero-order valence-corrected chi connectivity index (χ0v) is 10.7. The number of nitrogens with one attached hydrogen (secondary N) is 2. The van der Waals surface area contributed by atoms with E-state index in [1.54, 1.807) is 12.5 Å². The third-order valence-electron chi connectivity index (χ3n) is 2.94. The Kier molecular flexibility index (Phi) is 3.82. The maximum atomic E-state index is 12.0. The van der Waals surface area contributed by atoms with E-state index in [-0.39, 0.29) is 5.91 Å². The number of H-pyrrole nitrogens is 1. The van der Waals surface area contributed by atoms with Crippen LogP contribution in [-0.2, 0) is 6.54 Å². The molecule has 96 valence electrons. The average Bonchev–Trinajstić information content (AvgIpc) is 2.95. The van der Waals surface area contributed by atoms with Gasteiger partial charge in [-0.05, 0) is 25.8 Å². The third kappa shape index (κ3) is 2.80. The highest BCUT2D eigenvalue weighted by Crippen LogP contribution is 2.11. The quantitative estimate of drug-likeness (QED) is 0.788. The van der Waals surface area contributed by atoms with Crippen molar-refractivity contribution in [3.63, 3.8) is 0 Å². The molecule has 0 fully saturated rings. The van der Waals surface area contributed by atoms with Crippen LogP contribution in [0.1, 0.15) is 28.0 Å². The zero-order chi connectivity index (χ0) is 13.0. The highest BCUT2D eigenvalue weighted by Gasteiger charge is 2.12. The van der Waals surface area contributed by atoms with Gasteiger partial charge in [-0.1, -0.05) is 0 Å². The van der Waals surface area contributed by atoms with Crippen LogP contribution in [0.4, 0.5) is 0 Å². The summed E-state index contributed by atoms with van der Waals surface area (Å²) in [6.07, 6.45) is 8.20. The van der Waals surface area contributed by atoms with Crippen LogP contribution in [0.25, 0.3) is 0 Å². The van der Waals surface area contributed by atoms with Gasteiger partial charge in [0, 0.05) is 37.4 Å². The summed E-state index contributed by atoms with van der Waals surface area (Å²) in [7, 11) is 0. The van der Waals surface area contributed by atoms with Crippen molar-refractivity contribution in [2.75, 3.05) is 6.54 Å². The molecular formula is C13H18N4O. The van der Waals surface area contributed by atoms with Crippen molar-refractivity contribution >= 4 is 5.91 Å². The van der Waals surface area contributed by atoms with Crippen LogP contribution in [0.2, 0.25) is 0 Å². The molecule has 0 radical (unpaired) electrons. The minimum absolute atomic E-state index is 0.00289. The number of rotatable bonds is 5. The Morgan fingerprint density at radius 3 is 2.94 bits per heavy atom. The summed E-state index contributed by atoms with van der Waals surface area (Å²) in [5.41, 5.74) is 2.66. The Morgan fingerprint density at radius 1 is 1.50 bits per heavy atom. The van der Waals surface area contributed by atoms with Crippen molar-refractivity contribution in [2.45, 2.75) is 26.8 Å². The number of carbonyl (C=O) groups excluding carboxylic acids is 1. The van der Waals surface area contributed by atoms with E-state index in [1.165, 1.54) is 0 Å². The van der Waals surface area contributed by atoms with Crippen LogP contribution >= 0.6 is 0 Å². The van der Waals surface area contributed by atoms with E-state index in [1.807, 2.05) is 30.8 Å². The van der Waals surface area contributed by atoms with E-state index in [0.717, 1.165) is 29.8 Å². The first-order valence-electron chi connectivity index (χ1n) is 6.07.